The largest absolute Gasteiger partial charge is 0.439 e. The van der Waals surface area contributed by atoms with E-state index >= 15 is 0 Å². The molecule has 0 radical (unpaired) electrons. The first-order chi connectivity index (χ1) is 18.9. The number of hydrogen-bond acceptors (Lipinski definition) is 6. The molecule has 4 aromatic heterocycles. The zero-order chi connectivity index (χ0) is 27.1. The fraction of sp³-hybridized carbons (Fsp3) is 0.276. The Kier molecular flexibility index (Phi) is 6.60. The molecule has 1 N–H and O–H groups in total. The lowest BCUT2D eigenvalue weighted by Gasteiger charge is -2.27. The van der Waals surface area contributed by atoms with E-state index in [2.05, 4.69) is 33.2 Å². The first kappa shape index (κ1) is 25.2. The molecular formula is C29H26ClFN6O2. The molecule has 39 heavy (non-hydrogen) atoms. The van der Waals surface area contributed by atoms with Gasteiger partial charge in [-0.3, -0.25) is 14.5 Å². The lowest BCUT2D eigenvalue weighted by Crippen LogP contribution is -2.19. The number of rotatable bonds is 6. The minimum atomic E-state index is -0.691. The predicted molar refractivity (Wildman–Crippen MR) is 148 cm³/mol. The molecule has 1 aliphatic rings. The van der Waals surface area contributed by atoms with Crippen LogP contribution in [0.1, 0.15) is 44.0 Å². The van der Waals surface area contributed by atoms with Gasteiger partial charge in [-0.1, -0.05) is 61.3 Å². The fourth-order valence-corrected chi connectivity index (χ4v) is 5.54. The number of halogens is 2. The van der Waals surface area contributed by atoms with E-state index in [-0.39, 0.29) is 11.6 Å². The summed E-state index contributed by atoms with van der Waals surface area (Å²) in [5.41, 5.74) is 3.79. The first-order valence-electron chi connectivity index (χ1n) is 12.9. The van der Waals surface area contributed by atoms with Gasteiger partial charge in [0, 0.05) is 35.6 Å². The van der Waals surface area contributed by atoms with Gasteiger partial charge in [0.2, 0.25) is 5.82 Å². The van der Waals surface area contributed by atoms with E-state index in [9.17, 15) is 9.18 Å². The first-order valence-corrected chi connectivity index (χ1v) is 13.3. The molecule has 0 saturated heterocycles. The maximum absolute atomic E-state index is 14.9. The zero-order valence-electron chi connectivity index (χ0n) is 21.3. The number of pyridine rings is 2. The number of hydrogen-bond donors (Lipinski definition) is 1. The molecule has 1 saturated carbocycles. The van der Waals surface area contributed by atoms with Crippen molar-refractivity contribution >= 4 is 28.2 Å². The van der Waals surface area contributed by atoms with E-state index in [0.717, 1.165) is 31.2 Å². The molecule has 0 atom stereocenters. The molecule has 1 aromatic carbocycles. The van der Waals surface area contributed by atoms with Gasteiger partial charge >= 0.3 is 5.76 Å². The van der Waals surface area contributed by atoms with E-state index in [0.29, 0.717) is 62.8 Å². The van der Waals surface area contributed by atoms with E-state index < -0.39 is 5.76 Å². The van der Waals surface area contributed by atoms with Gasteiger partial charge in [0.25, 0.3) is 0 Å². The summed E-state index contributed by atoms with van der Waals surface area (Å²) < 4.78 is 21.7. The number of H-pyrrole nitrogens is 1. The molecule has 198 valence electrons. The van der Waals surface area contributed by atoms with Gasteiger partial charge in [0.05, 0.1) is 21.7 Å². The third-order valence-corrected chi connectivity index (χ3v) is 7.64. The number of aromatic nitrogens is 6. The Labute approximate surface area is 228 Å². The summed E-state index contributed by atoms with van der Waals surface area (Å²) in [6.45, 7) is 7.23. The van der Waals surface area contributed by atoms with Crippen LogP contribution in [0.15, 0.2) is 64.7 Å². The van der Waals surface area contributed by atoms with Gasteiger partial charge in [-0.25, -0.2) is 19.2 Å². The highest BCUT2D eigenvalue weighted by Gasteiger charge is 2.26. The monoisotopic (exact) mass is 544 g/mol. The van der Waals surface area contributed by atoms with Crippen LogP contribution in [0.5, 0.6) is 0 Å². The lowest BCUT2D eigenvalue weighted by atomic mass is 9.83. The maximum atomic E-state index is 14.9. The molecule has 1 fully saturated rings. The molecule has 0 unspecified atom stereocenters. The Balaban J connectivity index is 1.61. The molecular weight excluding hydrogens is 519 g/mol. The maximum Gasteiger partial charge on any atom is 0.439 e. The van der Waals surface area contributed by atoms with E-state index in [1.54, 1.807) is 42.7 Å². The highest BCUT2D eigenvalue weighted by Crippen LogP contribution is 2.37. The highest BCUT2D eigenvalue weighted by molar-refractivity contribution is 6.30. The molecule has 5 aromatic rings. The summed E-state index contributed by atoms with van der Waals surface area (Å²) in [5.74, 6) is 0.786. The van der Waals surface area contributed by atoms with E-state index in [1.165, 1.54) is 6.07 Å². The molecule has 8 nitrogen and oxygen atoms in total. The van der Waals surface area contributed by atoms with E-state index in [1.807, 2.05) is 0 Å². The molecule has 6 rings (SSSR count). The van der Waals surface area contributed by atoms with Crippen LogP contribution in [0.25, 0.3) is 39.4 Å². The van der Waals surface area contributed by atoms with Crippen LogP contribution in [-0.2, 0) is 6.54 Å². The molecule has 10 heteroatoms. The Morgan fingerprint density at radius 3 is 2.69 bits per heavy atom. The third-order valence-electron chi connectivity index (χ3n) is 7.43. The second kappa shape index (κ2) is 10.2. The standard InChI is InChI=1S/C29H26ClFN6O2/c1-16-7-9-18(10-8-16)15-37-26-23(34-28(37)17(2)21-5-3-4-6-22(21)31)12-24(27-35-29(38)39-36-27)33-25(26)19-11-20(30)14-32-13-19/h3-6,11-14,16,18H,2,7-10,15H2,1H3,(H,35,36,38). The van der Waals surface area contributed by atoms with Crippen LogP contribution in [-0.4, -0.2) is 29.7 Å². The van der Waals surface area contributed by atoms with Crippen LogP contribution < -0.4 is 5.76 Å². The molecule has 4 heterocycles. The van der Waals surface area contributed by atoms with Crippen molar-refractivity contribution in [1.82, 2.24) is 29.7 Å². The molecule has 1 aliphatic carbocycles. The van der Waals surface area contributed by atoms with Crippen LogP contribution >= 0.6 is 11.6 Å². The van der Waals surface area contributed by atoms with Crippen molar-refractivity contribution in [2.75, 3.05) is 0 Å². The Morgan fingerprint density at radius 1 is 1.18 bits per heavy atom. The van der Waals surface area contributed by atoms with Gasteiger partial charge in [-0.05, 0) is 42.9 Å². The third kappa shape index (κ3) is 4.90. The minimum absolute atomic E-state index is 0.170. The summed E-state index contributed by atoms with van der Waals surface area (Å²) in [4.78, 5) is 28.4. The van der Waals surface area contributed by atoms with Crippen molar-refractivity contribution in [1.29, 1.82) is 0 Å². The smallest absolute Gasteiger partial charge is 0.322 e. The van der Waals surface area contributed by atoms with Gasteiger partial charge in [-0.2, -0.15) is 0 Å². The number of benzene rings is 1. The van der Waals surface area contributed by atoms with Crippen molar-refractivity contribution in [2.24, 2.45) is 11.8 Å². The second-order valence-electron chi connectivity index (χ2n) is 10.2. The Bertz CT molecular complexity index is 1750. The minimum Gasteiger partial charge on any atom is -0.322 e. The quantitative estimate of drug-likeness (QED) is 0.261. The van der Waals surface area contributed by atoms with Crippen molar-refractivity contribution in [3.05, 3.63) is 88.1 Å². The number of aromatic amines is 1. The molecule has 0 spiro atoms. The summed E-state index contributed by atoms with van der Waals surface area (Å²) in [7, 11) is 0. The van der Waals surface area contributed by atoms with Crippen LogP contribution in [0.4, 0.5) is 4.39 Å². The van der Waals surface area contributed by atoms with Crippen LogP contribution in [0, 0.1) is 17.7 Å². The topological polar surface area (TPSA) is 102 Å². The van der Waals surface area contributed by atoms with Crippen molar-refractivity contribution in [3.63, 3.8) is 0 Å². The average molecular weight is 545 g/mol. The van der Waals surface area contributed by atoms with Gasteiger partial charge in [0.15, 0.2) is 0 Å². The van der Waals surface area contributed by atoms with Crippen LogP contribution in [0.2, 0.25) is 5.02 Å². The van der Waals surface area contributed by atoms with Gasteiger partial charge in [-0.15, -0.1) is 0 Å². The summed E-state index contributed by atoms with van der Waals surface area (Å²) in [5, 5.41) is 4.27. The Morgan fingerprint density at radius 2 is 1.97 bits per heavy atom. The number of imidazole rings is 1. The van der Waals surface area contributed by atoms with E-state index in [4.69, 9.17) is 26.1 Å². The molecule has 0 bridgehead atoms. The number of nitrogens with zero attached hydrogens (tertiary/aromatic N) is 5. The van der Waals surface area contributed by atoms with Crippen LogP contribution in [0.3, 0.4) is 0 Å². The highest BCUT2D eigenvalue weighted by atomic mass is 35.5. The summed E-state index contributed by atoms with van der Waals surface area (Å²) in [6.07, 6.45) is 7.72. The van der Waals surface area contributed by atoms with Crippen molar-refractivity contribution in [3.8, 4) is 22.8 Å². The Hall–Kier alpha value is -4.11. The normalized spacial score (nSPS) is 17.5. The second-order valence-corrected chi connectivity index (χ2v) is 10.6. The van der Waals surface area contributed by atoms with Gasteiger partial charge in [0.1, 0.15) is 17.3 Å². The number of fused-ring (bicyclic) bond motifs is 1. The van der Waals surface area contributed by atoms with Crippen molar-refractivity contribution < 1.29 is 8.91 Å². The zero-order valence-corrected chi connectivity index (χ0v) is 22.1. The van der Waals surface area contributed by atoms with Gasteiger partial charge < -0.3 is 4.57 Å². The molecule has 0 amide bonds. The summed E-state index contributed by atoms with van der Waals surface area (Å²) in [6, 6.07) is 10.1. The average Bonchev–Trinajstić information content (AvgIpc) is 3.53. The fourth-order valence-electron chi connectivity index (χ4n) is 5.37. The SMILES string of the molecule is C=C(c1ccccc1F)c1nc2cc(-c3noc(=O)[nH]3)nc(-c3cncc(Cl)c3)c2n1CC1CCC(C)CC1. The lowest BCUT2D eigenvalue weighted by molar-refractivity contribution is 0.266. The number of nitrogens with one attached hydrogen (secondary N) is 1. The molecule has 0 aliphatic heterocycles. The predicted octanol–water partition coefficient (Wildman–Crippen LogP) is 6.52. The van der Waals surface area contributed by atoms with Crippen molar-refractivity contribution in [2.45, 2.75) is 39.2 Å². The summed E-state index contributed by atoms with van der Waals surface area (Å²) >= 11 is 6.32.